The van der Waals surface area contributed by atoms with Crippen molar-refractivity contribution in [3.63, 3.8) is 0 Å². The van der Waals surface area contributed by atoms with Crippen molar-refractivity contribution < 1.29 is 9.18 Å². The van der Waals surface area contributed by atoms with Crippen LogP contribution in [0.3, 0.4) is 0 Å². The van der Waals surface area contributed by atoms with Crippen molar-refractivity contribution in [2.45, 2.75) is 12.8 Å². The smallest absolute Gasteiger partial charge is 0.332 e. The maximum absolute atomic E-state index is 13.8. The van der Waals surface area contributed by atoms with Crippen LogP contribution in [-0.2, 0) is 0 Å². The Morgan fingerprint density at radius 2 is 2.17 bits per heavy atom. The van der Waals surface area contributed by atoms with Crippen LogP contribution >= 0.6 is 0 Å². The van der Waals surface area contributed by atoms with E-state index < -0.39 is 6.03 Å². The Bertz CT molecular complexity index is 469. The van der Waals surface area contributed by atoms with Gasteiger partial charge in [0.15, 0.2) is 0 Å². The lowest BCUT2D eigenvalue weighted by atomic mass is 10.2. The highest BCUT2D eigenvalue weighted by molar-refractivity contribution is 5.82. The number of urea groups is 1. The first-order valence-corrected chi connectivity index (χ1v) is 5.80. The number of halogens is 1. The third-order valence-electron chi connectivity index (χ3n) is 2.83. The molecule has 6 heteroatoms. The molecule has 0 saturated carbocycles. The lowest BCUT2D eigenvalue weighted by Crippen LogP contribution is -2.24. The second kappa shape index (κ2) is 5.48. The molecule has 0 radical (unpaired) electrons. The van der Waals surface area contributed by atoms with E-state index in [9.17, 15) is 9.18 Å². The minimum Gasteiger partial charge on any atom is -0.371 e. The summed E-state index contributed by atoms with van der Waals surface area (Å²) in [6.07, 6.45) is 3.52. The molecule has 1 saturated heterocycles. The summed E-state index contributed by atoms with van der Waals surface area (Å²) in [5.41, 5.74) is 8.05. The van der Waals surface area contributed by atoms with Gasteiger partial charge in [-0.05, 0) is 31.0 Å². The van der Waals surface area contributed by atoms with Crippen LogP contribution in [0.25, 0.3) is 0 Å². The molecule has 1 aromatic carbocycles. The normalized spacial score (nSPS) is 15.3. The fourth-order valence-electron chi connectivity index (χ4n) is 1.96. The molecule has 0 spiro atoms. The molecule has 3 N–H and O–H groups in total. The largest absolute Gasteiger partial charge is 0.371 e. The molecule has 0 aliphatic carbocycles. The average Bonchev–Trinajstić information content (AvgIpc) is 2.84. The summed E-state index contributed by atoms with van der Waals surface area (Å²) in [7, 11) is 0. The summed E-state index contributed by atoms with van der Waals surface area (Å²) >= 11 is 0. The van der Waals surface area contributed by atoms with Gasteiger partial charge >= 0.3 is 6.03 Å². The molecule has 0 bridgehead atoms. The molecule has 0 atom stereocenters. The van der Waals surface area contributed by atoms with E-state index in [2.05, 4.69) is 10.0 Å². The monoisotopic (exact) mass is 250 g/mol. The molecule has 96 valence electrons. The quantitative estimate of drug-likeness (QED) is 0.629. The minimum atomic E-state index is -0.777. The third kappa shape index (κ3) is 2.97. The van der Waals surface area contributed by atoms with Crippen molar-refractivity contribution in [2.24, 2.45) is 10.8 Å². The van der Waals surface area contributed by atoms with Gasteiger partial charge in [-0.15, -0.1) is 0 Å². The highest BCUT2D eigenvalue weighted by atomic mass is 19.1. The van der Waals surface area contributed by atoms with E-state index in [0.717, 1.165) is 31.6 Å². The van der Waals surface area contributed by atoms with Gasteiger partial charge in [-0.1, -0.05) is 0 Å². The summed E-state index contributed by atoms with van der Waals surface area (Å²) < 4.78 is 13.8. The lowest BCUT2D eigenvalue weighted by molar-refractivity contribution is 0.249. The van der Waals surface area contributed by atoms with Crippen LogP contribution in [0.5, 0.6) is 0 Å². The topological polar surface area (TPSA) is 70.7 Å². The number of carbonyl (C=O) groups is 1. The van der Waals surface area contributed by atoms with E-state index in [-0.39, 0.29) is 5.82 Å². The van der Waals surface area contributed by atoms with Crippen LogP contribution < -0.4 is 16.1 Å². The zero-order valence-electron chi connectivity index (χ0n) is 9.90. The van der Waals surface area contributed by atoms with E-state index in [0.29, 0.717) is 5.56 Å². The molecule has 1 aliphatic heterocycles. The fraction of sp³-hybridized carbons (Fsp3) is 0.333. The summed E-state index contributed by atoms with van der Waals surface area (Å²) in [6.45, 7) is 1.94. The van der Waals surface area contributed by atoms with Crippen molar-refractivity contribution in [2.75, 3.05) is 18.0 Å². The highest BCUT2D eigenvalue weighted by Gasteiger charge is 2.13. The highest BCUT2D eigenvalue weighted by Crippen LogP contribution is 2.22. The molecule has 1 aliphatic rings. The van der Waals surface area contributed by atoms with E-state index in [1.54, 1.807) is 6.07 Å². The van der Waals surface area contributed by atoms with Crippen molar-refractivity contribution in [3.8, 4) is 0 Å². The van der Waals surface area contributed by atoms with Crippen molar-refractivity contribution in [3.05, 3.63) is 29.6 Å². The maximum atomic E-state index is 13.8. The number of benzene rings is 1. The van der Waals surface area contributed by atoms with Crippen LogP contribution in [0.15, 0.2) is 23.3 Å². The standard InChI is InChI=1S/C12H15FN4O/c13-11-7-10(17-5-1-2-6-17)4-3-9(11)8-15-16-12(14)18/h3-4,7-8H,1-2,5-6H2,(H3,14,16,18). The van der Waals surface area contributed by atoms with Gasteiger partial charge < -0.3 is 10.6 Å². The van der Waals surface area contributed by atoms with Gasteiger partial charge in [-0.25, -0.2) is 14.6 Å². The Morgan fingerprint density at radius 3 is 2.78 bits per heavy atom. The van der Waals surface area contributed by atoms with E-state index in [1.807, 2.05) is 11.5 Å². The molecule has 2 rings (SSSR count). The SMILES string of the molecule is NC(=O)NN=Cc1ccc(N2CCCC2)cc1F. The molecule has 1 fully saturated rings. The molecule has 2 amide bonds. The second-order valence-corrected chi connectivity index (χ2v) is 4.13. The molecule has 1 heterocycles. The number of nitrogens with one attached hydrogen (secondary N) is 1. The van der Waals surface area contributed by atoms with Gasteiger partial charge in [-0.3, -0.25) is 0 Å². The van der Waals surface area contributed by atoms with E-state index in [4.69, 9.17) is 5.73 Å². The van der Waals surface area contributed by atoms with Crippen LogP contribution in [-0.4, -0.2) is 25.3 Å². The molecular weight excluding hydrogens is 235 g/mol. The number of carbonyl (C=O) groups excluding carboxylic acids is 1. The number of rotatable bonds is 3. The number of nitrogens with two attached hydrogens (primary N) is 1. The fourth-order valence-corrected chi connectivity index (χ4v) is 1.96. The number of hydrogen-bond donors (Lipinski definition) is 2. The summed E-state index contributed by atoms with van der Waals surface area (Å²) in [4.78, 5) is 12.5. The number of anilines is 1. The van der Waals surface area contributed by atoms with E-state index in [1.165, 1.54) is 12.3 Å². The first-order valence-electron chi connectivity index (χ1n) is 5.80. The summed E-state index contributed by atoms with van der Waals surface area (Å²) in [5.74, 6) is -0.366. The van der Waals surface area contributed by atoms with Gasteiger partial charge in [0.05, 0.1) is 6.21 Å². The van der Waals surface area contributed by atoms with Crippen LogP contribution in [0.1, 0.15) is 18.4 Å². The zero-order chi connectivity index (χ0) is 13.0. The number of primary amides is 1. The van der Waals surface area contributed by atoms with Gasteiger partial charge in [0, 0.05) is 24.3 Å². The molecule has 1 aromatic rings. The molecule has 5 nitrogen and oxygen atoms in total. The van der Waals surface area contributed by atoms with E-state index >= 15 is 0 Å². The van der Waals surface area contributed by atoms with Gasteiger partial charge in [-0.2, -0.15) is 5.10 Å². The van der Waals surface area contributed by atoms with Gasteiger partial charge in [0.2, 0.25) is 0 Å². The lowest BCUT2D eigenvalue weighted by Gasteiger charge is -2.17. The van der Waals surface area contributed by atoms with Gasteiger partial charge in [0.1, 0.15) is 5.82 Å². The van der Waals surface area contributed by atoms with Crippen LogP contribution in [0.2, 0.25) is 0 Å². The van der Waals surface area contributed by atoms with Crippen molar-refractivity contribution >= 4 is 17.9 Å². The zero-order valence-corrected chi connectivity index (χ0v) is 9.90. The predicted octanol–water partition coefficient (Wildman–Crippen LogP) is 1.43. The summed E-state index contributed by atoms with van der Waals surface area (Å²) in [5, 5.41) is 3.53. The first-order chi connectivity index (χ1) is 8.66. The Hall–Kier alpha value is -2.11. The predicted molar refractivity (Wildman–Crippen MR) is 68.2 cm³/mol. The van der Waals surface area contributed by atoms with Crippen molar-refractivity contribution in [1.82, 2.24) is 5.43 Å². The number of nitrogens with zero attached hydrogens (tertiary/aromatic N) is 2. The molecule has 0 aromatic heterocycles. The number of hydrazone groups is 1. The Morgan fingerprint density at radius 1 is 1.44 bits per heavy atom. The number of hydrogen-bond acceptors (Lipinski definition) is 3. The molecular formula is C12H15FN4O. The Balaban J connectivity index is 2.09. The van der Waals surface area contributed by atoms with Crippen molar-refractivity contribution in [1.29, 1.82) is 0 Å². The maximum Gasteiger partial charge on any atom is 0.332 e. The molecule has 18 heavy (non-hydrogen) atoms. The van der Waals surface area contributed by atoms with Crippen LogP contribution in [0.4, 0.5) is 14.9 Å². The Kier molecular flexibility index (Phi) is 3.76. The third-order valence-corrected chi connectivity index (χ3v) is 2.83. The minimum absolute atomic E-state index is 0.312. The number of amides is 2. The summed E-state index contributed by atoms with van der Waals surface area (Å²) in [6, 6.07) is 4.19. The second-order valence-electron chi connectivity index (χ2n) is 4.13. The Labute approximate surface area is 104 Å². The average molecular weight is 250 g/mol. The van der Waals surface area contributed by atoms with Crippen LogP contribution in [0, 0.1) is 5.82 Å². The first kappa shape index (κ1) is 12.3. The molecule has 0 unspecified atom stereocenters. The van der Waals surface area contributed by atoms with Gasteiger partial charge in [0.25, 0.3) is 0 Å².